The normalized spacial score (nSPS) is 10.5. The summed E-state index contributed by atoms with van der Waals surface area (Å²) in [6.07, 6.45) is 0. The van der Waals surface area contributed by atoms with Crippen molar-refractivity contribution in [1.82, 2.24) is 0 Å². The van der Waals surface area contributed by atoms with Gasteiger partial charge in [0.05, 0.1) is 5.56 Å². The standard InChI is InChI=1S/C16H15ClFNO2/c1-10(20)15-7-12(17)6-11(16(15)21)9-19(2)14-5-3-4-13(18)8-14/h3-8,21H,9H2,1-2H3. The fraction of sp³-hybridized carbons (Fsp3) is 0.188. The first-order valence-electron chi connectivity index (χ1n) is 6.37. The highest BCUT2D eigenvalue weighted by molar-refractivity contribution is 6.31. The van der Waals surface area contributed by atoms with Crippen LogP contribution in [-0.4, -0.2) is 17.9 Å². The van der Waals surface area contributed by atoms with E-state index in [1.165, 1.54) is 25.1 Å². The molecule has 0 radical (unpaired) electrons. The van der Waals surface area contributed by atoms with Crippen LogP contribution in [0, 0.1) is 5.82 Å². The van der Waals surface area contributed by atoms with Gasteiger partial charge in [0.2, 0.25) is 0 Å². The molecule has 5 heteroatoms. The fourth-order valence-corrected chi connectivity index (χ4v) is 2.35. The van der Waals surface area contributed by atoms with Gasteiger partial charge in [-0.25, -0.2) is 4.39 Å². The molecule has 3 nitrogen and oxygen atoms in total. The van der Waals surface area contributed by atoms with Gasteiger partial charge in [0.25, 0.3) is 0 Å². The third kappa shape index (κ3) is 3.52. The number of hydrogen-bond donors (Lipinski definition) is 1. The number of phenolic OH excluding ortho intramolecular Hbond substituents is 1. The minimum absolute atomic E-state index is 0.0878. The number of Topliss-reactive ketones (excluding diaryl/α,β-unsaturated/α-hetero) is 1. The monoisotopic (exact) mass is 307 g/mol. The Morgan fingerprint density at radius 3 is 2.67 bits per heavy atom. The smallest absolute Gasteiger partial charge is 0.163 e. The molecular formula is C16H15ClFNO2. The number of benzene rings is 2. The van der Waals surface area contributed by atoms with Crippen LogP contribution < -0.4 is 4.90 Å². The highest BCUT2D eigenvalue weighted by Crippen LogP contribution is 2.29. The second-order valence-electron chi connectivity index (χ2n) is 4.85. The second kappa shape index (κ2) is 6.14. The van der Waals surface area contributed by atoms with Crippen molar-refractivity contribution in [3.8, 4) is 5.75 Å². The summed E-state index contributed by atoms with van der Waals surface area (Å²) in [6, 6.07) is 9.16. The third-order valence-corrected chi connectivity index (χ3v) is 3.41. The van der Waals surface area contributed by atoms with Gasteiger partial charge in [0, 0.05) is 29.9 Å². The Hall–Kier alpha value is -2.07. The lowest BCUT2D eigenvalue weighted by atomic mass is 10.1. The molecule has 2 aromatic rings. The number of nitrogens with zero attached hydrogens (tertiary/aromatic N) is 1. The molecule has 0 bridgehead atoms. The highest BCUT2D eigenvalue weighted by atomic mass is 35.5. The van der Waals surface area contributed by atoms with E-state index in [1.807, 2.05) is 0 Å². The Balaban J connectivity index is 2.33. The number of hydrogen-bond acceptors (Lipinski definition) is 3. The third-order valence-electron chi connectivity index (χ3n) is 3.19. The van der Waals surface area contributed by atoms with Gasteiger partial charge in [0.1, 0.15) is 11.6 Å². The summed E-state index contributed by atoms with van der Waals surface area (Å²) in [5.74, 6) is -0.682. The fourth-order valence-electron chi connectivity index (χ4n) is 2.10. The van der Waals surface area contributed by atoms with Crippen molar-refractivity contribution in [2.45, 2.75) is 13.5 Å². The molecular weight excluding hydrogens is 293 g/mol. The number of ketones is 1. The summed E-state index contributed by atoms with van der Waals surface area (Å²) in [4.78, 5) is 13.3. The van der Waals surface area contributed by atoms with Crippen molar-refractivity contribution in [2.75, 3.05) is 11.9 Å². The molecule has 110 valence electrons. The average molecular weight is 308 g/mol. The molecule has 2 aromatic carbocycles. The van der Waals surface area contributed by atoms with Crippen LogP contribution in [0.3, 0.4) is 0 Å². The Morgan fingerprint density at radius 1 is 1.33 bits per heavy atom. The van der Waals surface area contributed by atoms with Crippen LogP contribution in [0.15, 0.2) is 36.4 Å². The van der Waals surface area contributed by atoms with Gasteiger partial charge in [-0.2, -0.15) is 0 Å². The van der Waals surface area contributed by atoms with E-state index in [-0.39, 0.29) is 22.9 Å². The van der Waals surface area contributed by atoms with E-state index in [1.54, 1.807) is 30.1 Å². The Kier molecular flexibility index (Phi) is 4.48. The molecule has 1 N–H and O–H groups in total. The quantitative estimate of drug-likeness (QED) is 0.867. The molecule has 0 aromatic heterocycles. The first kappa shape index (κ1) is 15.3. The molecule has 0 aliphatic heterocycles. The number of anilines is 1. The van der Waals surface area contributed by atoms with Crippen LogP contribution in [-0.2, 0) is 6.54 Å². The van der Waals surface area contributed by atoms with Crippen LogP contribution in [0.4, 0.5) is 10.1 Å². The molecule has 0 unspecified atom stereocenters. The summed E-state index contributed by atoms with van der Waals surface area (Å²) in [7, 11) is 1.77. The summed E-state index contributed by atoms with van der Waals surface area (Å²) in [5, 5.41) is 10.5. The molecule has 0 spiro atoms. The first-order chi connectivity index (χ1) is 9.88. The van der Waals surface area contributed by atoms with Gasteiger partial charge in [-0.15, -0.1) is 0 Å². The van der Waals surface area contributed by atoms with Gasteiger partial charge in [0.15, 0.2) is 5.78 Å². The predicted octanol–water partition coefficient (Wildman–Crippen LogP) is 4.02. The van der Waals surface area contributed by atoms with Crippen molar-refractivity contribution in [1.29, 1.82) is 0 Å². The summed E-state index contributed by atoms with van der Waals surface area (Å²) < 4.78 is 13.2. The number of rotatable bonds is 4. The number of carbonyl (C=O) groups is 1. The number of halogens is 2. The van der Waals surface area contributed by atoms with Gasteiger partial charge in [-0.3, -0.25) is 4.79 Å². The summed E-state index contributed by atoms with van der Waals surface area (Å²) in [5.41, 5.74) is 1.36. The number of phenols is 1. The average Bonchev–Trinajstić information content (AvgIpc) is 2.42. The zero-order chi connectivity index (χ0) is 15.6. The van der Waals surface area contributed by atoms with Gasteiger partial charge in [-0.1, -0.05) is 17.7 Å². The topological polar surface area (TPSA) is 40.5 Å². The largest absolute Gasteiger partial charge is 0.507 e. The zero-order valence-electron chi connectivity index (χ0n) is 11.7. The molecule has 0 amide bonds. The van der Waals surface area contributed by atoms with Crippen LogP contribution in [0.25, 0.3) is 0 Å². The maximum absolute atomic E-state index is 13.2. The SMILES string of the molecule is CC(=O)c1cc(Cl)cc(CN(C)c2cccc(F)c2)c1O. The first-order valence-corrected chi connectivity index (χ1v) is 6.75. The minimum Gasteiger partial charge on any atom is -0.507 e. The lowest BCUT2D eigenvalue weighted by Gasteiger charge is -2.21. The van der Waals surface area contributed by atoms with Crippen molar-refractivity contribution >= 4 is 23.1 Å². The molecule has 0 fully saturated rings. The van der Waals surface area contributed by atoms with Crippen molar-refractivity contribution in [2.24, 2.45) is 0 Å². The van der Waals surface area contributed by atoms with Gasteiger partial charge < -0.3 is 10.0 Å². The van der Waals surface area contributed by atoms with Gasteiger partial charge >= 0.3 is 0 Å². The molecule has 0 saturated heterocycles. The second-order valence-corrected chi connectivity index (χ2v) is 5.29. The van der Waals surface area contributed by atoms with E-state index in [0.717, 1.165) is 0 Å². The predicted molar refractivity (Wildman–Crippen MR) is 81.6 cm³/mol. The lowest BCUT2D eigenvalue weighted by molar-refractivity contribution is 0.101. The van der Waals surface area contributed by atoms with Crippen LogP contribution in [0.1, 0.15) is 22.8 Å². The van der Waals surface area contributed by atoms with E-state index in [2.05, 4.69) is 0 Å². The molecule has 2 rings (SSSR count). The Labute approximate surface area is 127 Å². The van der Waals surface area contributed by atoms with Crippen molar-refractivity contribution in [3.63, 3.8) is 0 Å². The molecule has 0 aliphatic carbocycles. The molecule has 21 heavy (non-hydrogen) atoms. The Bertz CT molecular complexity index is 688. The van der Waals surface area contributed by atoms with E-state index in [9.17, 15) is 14.3 Å². The van der Waals surface area contributed by atoms with Crippen molar-refractivity contribution in [3.05, 3.63) is 58.4 Å². The molecule has 0 atom stereocenters. The minimum atomic E-state index is -0.334. The van der Waals surface area contributed by atoms with E-state index in [4.69, 9.17) is 11.6 Å². The van der Waals surface area contributed by atoms with Crippen LogP contribution in [0.2, 0.25) is 5.02 Å². The van der Waals surface area contributed by atoms with E-state index in [0.29, 0.717) is 22.8 Å². The lowest BCUT2D eigenvalue weighted by Crippen LogP contribution is -2.17. The van der Waals surface area contributed by atoms with E-state index < -0.39 is 0 Å². The van der Waals surface area contributed by atoms with Crippen LogP contribution >= 0.6 is 11.6 Å². The highest BCUT2D eigenvalue weighted by Gasteiger charge is 2.14. The number of carbonyl (C=O) groups excluding carboxylic acids is 1. The van der Waals surface area contributed by atoms with Crippen LogP contribution in [0.5, 0.6) is 5.75 Å². The molecule has 0 saturated carbocycles. The summed E-state index contributed by atoms with van der Waals surface area (Å²) in [6.45, 7) is 1.67. The molecule has 0 aliphatic rings. The molecule has 0 heterocycles. The number of aromatic hydroxyl groups is 1. The summed E-state index contributed by atoms with van der Waals surface area (Å²) >= 11 is 5.98. The zero-order valence-corrected chi connectivity index (χ0v) is 12.5. The van der Waals surface area contributed by atoms with Gasteiger partial charge in [-0.05, 0) is 37.3 Å². The maximum Gasteiger partial charge on any atom is 0.163 e. The van der Waals surface area contributed by atoms with Crippen molar-refractivity contribution < 1.29 is 14.3 Å². The van der Waals surface area contributed by atoms with E-state index >= 15 is 0 Å². The maximum atomic E-state index is 13.2. The Morgan fingerprint density at radius 2 is 2.05 bits per heavy atom.